The molecule has 0 spiro atoms. The number of methoxy groups -OCH3 is 1. The van der Waals surface area contributed by atoms with Gasteiger partial charge in [-0.25, -0.2) is 0 Å². The topological polar surface area (TPSA) is 66.8 Å². The number of Topliss-reactive ketones (excluding diaryl/α,β-unsaturated/α-hetero) is 1. The van der Waals surface area contributed by atoms with Gasteiger partial charge in [-0.3, -0.25) is 14.5 Å². The van der Waals surface area contributed by atoms with Crippen LogP contribution in [-0.2, 0) is 9.59 Å². The Morgan fingerprint density at radius 1 is 0.914 bits per heavy atom. The Labute approximate surface area is 211 Å². The van der Waals surface area contributed by atoms with Gasteiger partial charge < -0.3 is 9.84 Å². The van der Waals surface area contributed by atoms with E-state index in [1.54, 1.807) is 36.4 Å². The molecule has 1 saturated heterocycles. The number of ether oxygens (including phenoxy) is 1. The third-order valence-electron chi connectivity index (χ3n) is 6.09. The fourth-order valence-electron chi connectivity index (χ4n) is 4.45. The number of hydrogen-bond donors (Lipinski definition) is 1. The summed E-state index contributed by atoms with van der Waals surface area (Å²) in [5.74, 6) is -1.42. The van der Waals surface area contributed by atoms with Crippen LogP contribution in [0.5, 0.6) is 5.75 Å². The number of hydrogen-bond acceptors (Lipinski definition) is 4. The van der Waals surface area contributed by atoms with Gasteiger partial charge in [0.15, 0.2) is 0 Å². The molecule has 0 radical (unpaired) electrons. The van der Waals surface area contributed by atoms with Crippen LogP contribution in [0.25, 0.3) is 16.5 Å². The Morgan fingerprint density at radius 3 is 2.34 bits per heavy atom. The first-order valence-corrected chi connectivity index (χ1v) is 11.5. The van der Waals surface area contributed by atoms with Crippen LogP contribution >= 0.6 is 23.2 Å². The van der Waals surface area contributed by atoms with E-state index < -0.39 is 17.7 Å². The van der Waals surface area contributed by atoms with Crippen molar-refractivity contribution in [2.24, 2.45) is 0 Å². The van der Waals surface area contributed by atoms with Gasteiger partial charge >= 0.3 is 0 Å². The highest BCUT2D eigenvalue weighted by molar-refractivity contribution is 6.52. The predicted octanol–water partition coefficient (Wildman–Crippen LogP) is 6.78. The van der Waals surface area contributed by atoms with Crippen LogP contribution in [0.1, 0.15) is 17.2 Å². The van der Waals surface area contributed by atoms with Crippen molar-refractivity contribution < 1.29 is 19.4 Å². The number of carbonyl (C=O) groups excluding carboxylic acids is 2. The third kappa shape index (κ3) is 3.93. The van der Waals surface area contributed by atoms with E-state index in [2.05, 4.69) is 0 Å². The van der Waals surface area contributed by atoms with Gasteiger partial charge in [0.2, 0.25) is 0 Å². The van der Waals surface area contributed by atoms with Gasteiger partial charge in [-0.1, -0.05) is 65.7 Å². The first kappa shape index (κ1) is 23.0. The Hall–Kier alpha value is -3.80. The summed E-state index contributed by atoms with van der Waals surface area (Å²) in [7, 11) is 1.49. The van der Waals surface area contributed by atoms with Crippen LogP contribution < -0.4 is 9.64 Å². The summed E-state index contributed by atoms with van der Waals surface area (Å²) >= 11 is 12.4. The molecule has 5 rings (SSSR count). The van der Waals surface area contributed by atoms with Gasteiger partial charge in [0.25, 0.3) is 11.7 Å². The molecular formula is C28H19Cl2NO4. The normalized spacial score (nSPS) is 17.2. The number of ketones is 1. The average molecular weight is 504 g/mol. The molecule has 1 amide bonds. The summed E-state index contributed by atoms with van der Waals surface area (Å²) in [5.41, 5.74) is 1.47. The zero-order valence-electron chi connectivity index (χ0n) is 18.5. The summed E-state index contributed by atoms with van der Waals surface area (Å²) in [4.78, 5) is 28.2. The fraction of sp³-hybridized carbons (Fsp3) is 0.0714. The van der Waals surface area contributed by atoms with E-state index in [4.69, 9.17) is 27.9 Å². The number of aliphatic hydroxyl groups is 1. The van der Waals surface area contributed by atoms with Crippen LogP contribution in [-0.4, -0.2) is 23.9 Å². The monoisotopic (exact) mass is 503 g/mol. The summed E-state index contributed by atoms with van der Waals surface area (Å²) in [6, 6.07) is 23.9. The van der Waals surface area contributed by atoms with E-state index in [9.17, 15) is 14.7 Å². The largest absolute Gasteiger partial charge is 0.507 e. The van der Waals surface area contributed by atoms with Gasteiger partial charge in [-0.15, -0.1) is 0 Å². The maximum Gasteiger partial charge on any atom is 0.300 e. The molecule has 1 aliphatic rings. The number of aliphatic hydroxyl groups excluding tert-OH is 1. The van der Waals surface area contributed by atoms with E-state index in [1.807, 2.05) is 42.5 Å². The Kier molecular flexibility index (Phi) is 5.97. The van der Waals surface area contributed by atoms with Crippen molar-refractivity contribution >= 4 is 57.1 Å². The number of nitrogens with zero attached hydrogens (tertiary/aromatic N) is 1. The van der Waals surface area contributed by atoms with Gasteiger partial charge in [0, 0.05) is 16.3 Å². The minimum Gasteiger partial charge on any atom is -0.507 e. The molecule has 0 saturated carbocycles. The van der Waals surface area contributed by atoms with E-state index in [0.717, 1.165) is 10.8 Å². The van der Waals surface area contributed by atoms with Crippen molar-refractivity contribution in [2.45, 2.75) is 6.04 Å². The van der Waals surface area contributed by atoms with E-state index in [0.29, 0.717) is 27.6 Å². The molecule has 1 aliphatic heterocycles. The number of carbonyl (C=O) groups is 2. The minimum absolute atomic E-state index is 0.0254. The lowest BCUT2D eigenvalue weighted by molar-refractivity contribution is -0.132. The van der Waals surface area contributed by atoms with E-state index in [1.165, 1.54) is 18.1 Å². The quantitative estimate of drug-likeness (QED) is 0.189. The number of anilines is 1. The summed E-state index contributed by atoms with van der Waals surface area (Å²) < 4.78 is 5.20. The molecule has 1 unspecified atom stereocenters. The lowest BCUT2D eigenvalue weighted by Crippen LogP contribution is -2.29. The molecular weight excluding hydrogens is 485 g/mol. The smallest absolute Gasteiger partial charge is 0.300 e. The third-order valence-corrected chi connectivity index (χ3v) is 6.64. The van der Waals surface area contributed by atoms with Crippen LogP contribution in [0, 0.1) is 0 Å². The number of benzene rings is 4. The first-order chi connectivity index (χ1) is 16.9. The molecule has 35 heavy (non-hydrogen) atoms. The van der Waals surface area contributed by atoms with E-state index >= 15 is 0 Å². The molecule has 0 aromatic heterocycles. The van der Waals surface area contributed by atoms with Gasteiger partial charge in [-0.05, 0) is 58.8 Å². The second-order valence-corrected chi connectivity index (χ2v) is 8.91. The molecule has 4 aromatic carbocycles. The predicted molar refractivity (Wildman–Crippen MR) is 138 cm³/mol. The summed E-state index contributed by atoms with van der Waals surface area (Å²) in [6.07, 6.45) is 0. The van der Waals surface area contributed by atoms with Crippen LogP contribution in [0.15, 0.2) is 90.5 Å². The molecule has 0 aliphatic carbocycles. The second kappa shape index (κ2) is 9.10. The fourth-order valence-corrected chi connectivity index (χ4v) is 4.84. The Balaban J connectivity index is 1.79. The molecule has 1 atom stereocenters. The first-order valence-electron chi connectivity index (χ1n) is 10.8. The molecule has 0 bridgehead atoms. The molecule has 1 fully saturated rings. The number of amides is 1. The summed E-state index contributed by atoms with van der Waals surface area (Å²) in [5, 5.41) is 13.9. The Bertz CT molecular complexity index is 1510. The van der Waals surface area contributed by atoms with Crippen molar-refractivity contribution in [3.8, 4) is 5.75 Å². The summed E-state index contributed by atoms with van der Waals surface area (Å²) in [6.45, 7) is 0. The van der Waals surface area contributed by atoms with Crippen molar-refractivity contribution in [3.63, 3.8) is 0 Å². The highest BCUT2D eigenvalue weighted by Crippen LogP contribution is 2.44. The molecule has 7 heteroatoms. The standard InChI is InChI=1S/C28H19Cl2NO4/c1-35-23-14-9-17(15-22(23)30)26(32)24-25(21-8-4-6-16-5-2-3-7-20(16)21)31(28(34)27(24)33)19-12-10-18(29)11-13-19/h2-15,25,32H,1H3/b26-24-. The van der Waals surface area contributed by atoms with Gasteiger partial charge in [0.1, 0.15) is 11.5 Å². The molecule has 174 valence electrons. The maximum atomic E-state index is 13.4. The lowest BCUT2D eigenvalue weighted by atomic mass is 9.91. The molecule has 4 aromatic rings. The molecule has 1 N–H and O–H groups in total. The van der Waals surface area contributed by atoms with Crippen LogP contribution in [0.4, 0.5) is 5.69 Å². The minimum atomic E-state index is -0.872. The van der Waals surface area contributed by atoms with Crippen molar-refractivity contribution in [3.05, 3.63) is 112 Å². The number of rotatable bonds is 4. The zero-order chi connectivity index (χ0) is 24.7. The number of fused-ring (bicyclic) bond motifs is 1. The van der Waals surface area contributed by atoms with Crippen LogP contribution in [0.2, 0.25) is 10.0 Å². The second-order valence-electron chi connectivity index (χ2n) is 8.06. The average Bonchev–Trinajstić information content (AvgIpc) is 3.13. The lowest BCUT2D eigenvalue weighted by Gasteiger charge is -2.26. The SMILES string of the molecule is COc1ccc(/C(O)=C2/C(=O)C(=O)N(c3ccc(Cl)cc3)C2c2cccc3ccccc23)cc1Cl. The highest BCUT2D eigenvalue weighted by Gasteiger charge is 2.47. The zero-order valence-corrected chi connectivity index (χ0v) is 20.0. The number of halogens is 2. The van der Waals surface area contributed by atoms with E-state index in [-0.39, 0.29) is 16.4 Å². The van der Waals surface area contributed by atoms with Crippen molar-refractivity contribution in [2.75, 3.05) is 12.0 Å². The Morgan fingerprint density at radius 2 is 1.63 bits per heavy atom. The molecule has 5 nitrogen and oxygen atoms in total. The maximum absolute atomic E-state index is 13.4. The van der Waals surface area contributed by atoms with Gasteiger partial charge in [-0.2, -0.15) is 0 Å². The van der Waals surface area contributed by atoms with Crippen molar-refractivity contribution in [1.29, 1.82) is 0 Å². The van der Waals surface area contributed by atoms with Crippen molar-refractivity contribution in [1.82, 2.24) is 0 Å². The molecule has 1 heterocycles. The highest BCUT2D eigenvalue weighted by atomic mass is 35.5. The van der Waals surface area contributed by atoms with Gasteiger partial charge in [0.05, 0.1) is 23.7 Å². The van der Waals surface area contributed by atoms with Crippen LogP contribution in [0.3, 0.4) is 0 Å².